The molecule has 138 valence electrons. The van der Waals surface area contributed by atoms with Crippen molar-refractivity contribution >= 4 is 17.7 Å². The van der Waals surface area contributed by atoms with Crippen molar-refractivity contribution < 1.29 is 4.79 Å². The standard InChI is InChI=1S/C22H23N3OS/c1-15-9-11-18(12-10-15)14-23-21(26)17(3)27-22-24-16(2)13-20(25-22)19-7-5-4-6-8-19/h4-13,17H,14H2,1-3H3,(H,23,26)/t17-/m1/s1. The van der Waals surface area contributed by atoms with Crippen molar-refractivity contribution in [2.45, 2.75) is 37.7 Å². The molecule has 27 heavy (non-hydrogen) atoms. The Morgan fingerprint density at radius 1 is 1.04 bits per heavy atom. The number of carbonyl (C=O) groups is 1. The minimum atomic E-state index is -0.277. The molecule has 1 aromatic heterocycles. The number of nitrogens with one attached hydrogen (secondary N) is 1. The van der Waals surface area contributed by atoms with Gasteiger partial charge < -0.3 is 5.32 Å². The molecule has 1 amide bonds. The molecule has 0 aliphatic carbocycles. The first-order valence-electron chi connectivity index (χ1n) is 8.92. The highest BCUT2D eigenvalue weighted by Crippen LogP contribution is 2.24. The van der Waals surface area contributed by atoms with Crippen LogP contribution in [0.4, 0.5) is 0 Å². The maximum Gasteiger partial charge on any atom is 0.233 e. The average molecular weight is 378 g/mol. The Bertz CT molecular complexity index is 911. The van der Waals surface area contributed by atoms with E-state index in [1.165, 1.54) is 17.3 Å². The average Bonchev–Trinajstić information content (AvgIpc) is 2.67. The predicted molar refractivity (Wildman–Crippen MR) is 111 cm³/mol. The van der Waals surface area contributed by atoms with Crippen molar-refractivity contribution in [2.75, 3.05) is 0 Å². The summed E-state index contributed by atoms with van der Waals surface area (Å²) in [4.78, 5) is 21.5. The fraction of sp³-hybridized carbons (Fsp3) is 0.227. The van der Waals surface area contributed by atoms with Crippen molar-refractivity contribution in [3.8, 4) is 11.3 Å². The van der Waals surface area contributed by atoms with Crippen molar-refractivity contribution in [1.29, 1.82) is 0 Å². The Labute approximate surface area is 164 Å². The van der Waals surface area contributed by atoms with Gasteiger partial charge in [-0.3, -0.25) is 4.79 Å². The number of aryl methyl sites for hydroxylation is 2. The second-order valence-electron chi connectivity index (χ2n) is 6.51. The minimum Gasteiger partial charge on any atom is -0.351 e. The van der Waals surface area contributed by atoms with E-state index < -0.39 is 0 Å². The number of thioether (sulfide) groups is 1. The number of hydrogen-bond acceptors (Lipinski definition) is 4. The highest BCUT2D eigenvalue weighted by Gasteiger charge is 2.16. The molecule has 0 bridgehead atoms. The Morgan fingerprint density at radius 3 is 2.44 bits per heavy atom. The van der Waals surface area contributed by atoms with Gasteiger partial charge in [-0.2, -0.15) is 0 Å². The highest BCUT2D eigenvalue weighted by atomic mass is 32.2. The van der Waals surface area contributed by atoms with Gasteiger partial charge in [0.05, 0.1) is 10.9 Å². The van der Waals surface area contributed by atoms with Crippen LogP contribution < -0.4 is 5.32 Å². The monoisotopic (exact) mass is 377 g/mol. The predicted octanol–water partition coefficient (Wildman–Crippen LogP) is 4.56. The van der Waals surface area contributed by atoms with Crippen molar-refractivity contribution in [3.05, 3.63) is 77.5 Å². The van der Waals surface area contributed by atoms with E-state index in [-0.39, 0.29) is 11.2 Å². The summed E-state index contributed by atoms with van der Waals surface area (Å²) in [5.41, 5.74) is 5.10. The van der Waals surface area contributed by atoms with E-state index in [2.05, 4.69) is 15.3 Å². The first-order valence-corrected chi connectivity index (χ1v) is 9.80. The van der Waals surface area contributed by atoms with Crippen molar-refractivity contribution in [1.82, 2.24) is 15.3 Å². The lowest BCUT2D eigenvalue weighted by Gasteiger charge is -2.12. The van der Waals surface area contributed by atoms with E-state index in [1.54, 1.807) is 0 Å². The van der Waals surface area contributed by atoms with Crippen LogP contribution >= 0.6 is 11.8 Å². The first kappa shape index (κ1) is 19.1. The maximum absolute atomic E-state index is 12.4. The van der Waals surface area contributed by atoms with E-state index in [9.17, 15) is 4.79 Å². The zero-order valence-electron chi connectivity index (χ0n) is 15.8. The summed E-state index contributed by atoms with van der Waals surface area (Å²) in [6.45, 7) is 6.39. The molecule has 2 aromatic carbocycles. The molecule has 0 aliphatic heterocycles. The van der Waals surface area contributed by atoms with Crippen LogP contribution in [0.15, 0.2) is 65.8 Å². The highest BCUT2D eigenvalue weighted by molar-refractivity contribution is 8.00. The molecule has 0 fully saturated rings. The fourth-order valence-electron chi connectivity index (χ4n) is 2.60. The van der Waals surface area contributed by atoms with Crippen LogP contribution in [0.1, 0.15) is 23.7 Å². The molecule has 5 heteroatoms. The topological polar surface area (TPSA) is 54.9 Å². The van der Waals surface area contributed by atoms with E-state index in [1.807, 2.05) is 81.4 Å². The molecular weight excluding hydrogens is 354 g/mol. The lowest BCUT2D eigenvalue weighted by Crippen LogP contribution is -2.30. The second kappa shape index (κ2) is 8.82. The van der Waals surface area contributed by atoms with E-state index >= 15 is 0 Å². The van der Waals surface area contributed by atoms with Gasteiger partial charge in [-0.15, -0.1) is 0 Å². The quantitative estimate of drug-likeness (QED) is 0.505. The largest absolute Gasteiger partial charge is 0.351 e. The van der Waals surface area contributed by atoms with Gasteiger partial charge in [0.1, 0.15) is 0 Å². The van der Waals surface area contributed by atoms with Gasteiger partial charge in [0.25, 0.3) is 0 Å². The number of benzene rings is 2. The third-order valence-electron chi connectivity index (χ3n) is 4.14. The summed E-state index contributed by atoms with van der Waals surface area (Å²) in [5.74, 6) is -0.0213. The second-order valence-corrected chi connectivity index (χ2v) is 7.81. The Balaban J connectivity index is 1.64. The summed E-state index contributed by atoms with van der Waals surface area (Å²) < 4.78 is 0. The number of nitrogens with zero attached hydrogens (tertiary/aromatic N) is 2. The Kier molecular flexibility index (Phi) is 6.24. The van der Waals surface area contributed by atoms with Crippen LogP contribution in [0.3, 0.4) is 0 Å². The SMILES string of the molecule is Cc1ccc(CNC(=O)[C@@H](C)Sc2nc(C)cc(-c3ccccc3)n2)cc1. The van der Waals surface area contributed by atoms with Crippen LogP contribution in [-0.2, 0) is 11.3 Å². The smallest absolute Gasteiger partial charge is 0.233 e. The fourth-order valence-corrected chi connectivity index (χ4v) is 3.46. The van der Waals surface area contributed by atoms with Crippen LogP contribution in [0, 0.1) is 13.8 Å². The summed E-state index contributed by atoms with van der Waals surface area (Å²) in [7, 11) is 0. The summed E-state index contributed by atoms with van der Waals surface area (Å²) in [6, 6.07) is 20.1. The number of amides is 1. The summed E-state index contributed by atoms with van der Waals surface area (Å²) in [6.07, 6.45) is 0. The van der Waals surface area contributed by atoms with Gasteiger partial charge in [0, 0.05) is 17.8 Å². The zero-order chi connectivity index (χ0) is 19.2. The molecule has 0 saturated heterocycles. The Hall–Kier alpha value is -2.66. The molecule has 3 rings (SSSR count). The normalized spacial score (nSPS) is 11.8. The van der Waals surface area contributed by atoms with E-state index in [0.29, 0.717) is 11.7 Å². The van der Waals surface area contributed by atoms with Crippen molar-refractivity contribution in [3.63, 3.8) is 0 Å². The van der Waals surface area contributed by atoms with Gasteiger partial charge in [-0.25, -0.2) is 9.97 Å². The summed E-state index contributed by atoms with van der Waals surface area (Å²) in [5, 5.41) is 3.32. The third-order valence-corrected chi connectivity index (χ3v) is 5.10. The van der Waals surface area contributed by atoms with E-state index in [0.717, 1.165) is 22.5 Å². The first-order chi connectivity index (χ1) is 13.0. The van der Waals surface area contributed by atoms with Crippen molar-refractivity contribution in [2.24, 2.45) is 0 Å². The Morgan fingerprint density at radius 2 is 1.74 bits per heavy atom. The molecule has 0 aliphatic rings. The molecule has 3 aromatic rings. The lowest BCUT2D eigenvalue weighted by atomic mass is 10.1. The molecule has 4 nitrogen and oxygen atoms in total. The number of hydrogen-bond donors (Lipinski definition) is 1. The maximum atomic E-state index is 12.4. The lowest BCUT2D eigenvalue weighted by molar-refractivity contribution is -0.120. The molecular formula is C22H23N3OS. The number of aromatic nitrogens is 2. The minimum absolute atomic E-state index is 0.0213. The van der Waals surface area contributed by atoms with Gasteiger partial charge in [-0.1, -0.05) is 71.9 Å². The van der Waals surface area contributed by atoms with Crippen LogP contribution in [0.5, 0.6) is 0 Å². The molecule has 1 atom stereocenters. The van der Waals surface area contributed by atoms with Gasteiger partial charge in [0.15, 0.2) is 5.16 Å². The third kappa shape index (κ3) is 5.41. The molecule has 0 radical (unpaired) electrons. The van der Waals surface area contributed by atoms with Gasteiger partial charge in [0.2, 0.25) is 5.91 Å². The molecule has 0 unspecified atom stereocenters. The molecule has 1 heterocycles. The number of carbonyl (C=O) groups excluding carboxylic acids is 1. The zero-order valence-corrected chi connectivity index (χ0v) is 16.6. The van der Waals surface area contributed by atoms with Crippen LogP contribution in [0.25, 0.3) is 11.3 Å². The molecule has 0 spiro atoms. The van der Waals surface area contributed by atoms with Crippen LogP contribution in [0.2, 0.25) is 0 Å². The van der Waals surface area contributed by atoms with Crippen LogP contribution in [-0.4, -0.2) is 21.1 Å². The van der Waals surface area contributed by atoms with Gasteiger partial charge >= 0.3 is 0 Å². The molecule has 0 saturated carbocycles. The van der Waals surface area contributed by atoms with Gasteiger partial charge in [-0.05, 0) is 32.4 Å². The van der Waals surface area contributed by atoms with E-state index in [4.69, 9.17) is 0 Å². The summed E-state index contributed by atoms with van der Waals surface area (Å²) >= 11 is 1.38. The molecule has 1 N–H and O–H groups in total. The number of rotatable bonds is 6.